The van der Waals surface area contributed by atoms with Gasteiger partial charge in [0.1, 0.15) is 11.5 Å². The maximum Gasteiger partial charge on any atom is 0.138 e. The predicted molar refractivity (Wildman–Crippen MR) is 55.6 cm³/mol. The first-order chi connectivity index (χ1) is 6.36. The number of thiophene rings is 1. The minimum absolute atomic E-state index is 0.916. The molecule has 2 heteroatoms. The van der Waals surface area contributed by atoms with Crippen molar-refractivity contribution >= 4 is 11.3 Å². The number of benzene rings is 1. The molecule has 0 atom stereocenters. The van der Waals surface area contributed by atoms with E-state index >= 15 is 0 Å². The smallest absolute Gasteiger partial charge is 0.138 e. The van der Waals surface area contributed by atoms with E-state index in [1.165, 1.54) is 0 Å². The summed E-state index contributed by atoms with van der Waals surface area (Å²) in [6.07, 6.45) is 0. The van der Waals surface area contributed by atoms with Gasteiger partial charge in [0.15, 0.2) is 0 Å². The molecule has 1 aromatic carbocycles. The third kappa shape index (κ3) is 1.90. The van der Waals surface area contributed by atoms with Crippen molar-refractivity contribution in [2.24, 2.45) is 0 Å². The fraction of sp³-hybridized carbons (Fsp3) is 0.0909. The van der Waals surface area contributed by atoms with E-state index < -0.39 is 0 Å². The molecule has 0 saturated carbocycles. The Morgan fingerprint density at radius 2 is 2.00 bits per heavy atom. The fourth-order valence-corrected chi connectivity index (χ4v) is 1.66. The molecule has 0 fully saturated rings. The van der Waals surface area contributed by atoms with Crippen LogP contribution in [0.25, 0.3) is 0 Å². The first-order valence-corrected chi connectivity index (χ1v) is 5.06. The largest absolute Gasteiger partial charge is 0.456 e. The van der Waals surface area contributed by atoms with Gasteiger partial charge in [0.25, 0.3) is 0 Å². The van der Waals surface area contributed by atoms with Crippen LogP contribution in [0.3, 0.4) is 0 Å². The first-order valence-electron chi connectivity index (χ1n) is 4.12. The summed E-state index contributed by atoms with van der Waals surface area (Å²) < 4.78 is 5.66. The molecule has 0 N–H and O–H groups in total. The van der Waals surface area contributed by atoms with E-state index in [2.05, 4.69) is 0 Å². The topological polar surface area (TPSA) is 9.23 Å². The average Bonchev–Trinajstić information content (AvgIpc) is 2.61. The Morgan fingerprint density at radius 3 is 2.69 bits per heavy atom. The summed E-state index contributed by atoms with van der Waals surface area (Å²) in [6, 6.07) is 9.98. The number of para-hydroxylation sites is 1. The van der Waals surface area contributed by atoms with Gasteiger partial charge in [-0.15, -0.1) is 11.3 Å². The van der Waals surface area contributed by atoms with E-state index in [0.29, 0.717) is 0 Å². The lowest BCUT2D eigenvalue weighted by Gasteiger charge is -2.05. The van der Waals surface area contributed by atoms with Gasteiger partial charge in [-0.3, -0.25) is 0 Å². The van der Waals surface area contributed by atoms with Crippen LogP contribution < -0.4 is 4.74 Å². The highest BCUT2D eigenvalue weighted by atomic mass is 32.1. The Bertz CT molecular complexity index is 379. The minimum atomic E-state index is 0.916. The minimum Gasteiger partial charge on any atom is -0.456 e. The van der Waals surface area contributed by atoms with Crippen molar-refractivity contribution in [2.45, 2.75) is 6.92 Å². The molecule has 0 radical (unpaired) electrons. The zero-order valence-electron chi connectivity index (χ0n) is 7.36. The van der Waals surface area contributed by atoms with Gasteiger partial charge in [-0.05, 0) is 30.0 Å². The second-order valence-electron chi connectivity index (χ2n) is 2.83. The molecular weight excluding hydrogens is 180 g/mol. The van der Waals surface area contributed by atoms with Gasteiger partial charge in [0.2, 0.25) is 0 Å². The van der Waals surface area contributed by atoms with Crippen LogP contribution in [0.15, 0.2) is 41.1 Å². The second-order valence-corrected chi connectivity index (χ2v) is 3.61. The van der Waals surface area contributed by atoms with Gasteiger partial charge in [-0.1, -0.05) is 18.2 Å². The standard InChI is InChI=1S/C11H10OS/c1-9-4-2-3-5-11(9)12-10-6-7-13-8-10/h2-8H,1H3. The lowest BCUT2D eigenvalue weighted by atomic mass is 10.2. The maximum absolute atomic E-state index is 5.66. The van der Waals surface area contributed by atoms with Gasteiger partial charge in [-0.25, -0.2) is 0 Å². The number of hydrogen-bond donors (Lipinski definition) is 0. The number of ether oxygens (including phenoxy) is 1. The van der Waals surface area contributed by atoms with Crippen molar-refractivity contribution in [3.05, 3.63) is 46.7 Å². The molecule has 0 aliphatic rings. The Kier molecular flexibility index (Phi) is 2.32. The molecule has 0 bridgehead atoms. The predicted octanol–water partition coefficient (Wildman–Crippen LogP) is 3.85. The van der Waals surface area contributed by atoms with Crippen LogP contribution in [0.2, 0.25) is 0 Å². The van der Waals surface area contributed by atoms with E-state index in [4.69, 9.17) is 4.74 Å². The highest BCUT2D eigenvalue weighted by Crippen LogP contribution is 2.25. The van der Waals surface area contributed by atoms with E-state index in [-0.39, 0.29) is 0 Å². The lowest BCUT2D eigenvalue weighted by molar-refractivity contribution is 0.481. The third-order valence-electron chi connectivity index (χ3n) is 1.82. The van der Waals surface area contributed by atoms with Crippen LogP contribution in [0, 0.1) is 6.92 Å². The molecule has 66 valence electrons. The Hall–Kier alpha value is -1.28. The van der Waals surface area contributed by atoms with E-state index in [0.717, 1.165) is 17.1 Å². The zero-order valence-corrected chi connectivity index (χ0v) is 8.17. The Labute approximate surface area is 81.6 Å². The number of rotatable bonds is 2. The number of aryl methyl sites for hydroxylation is 1. The molecule has 0 saturated heterocycles. The van der Waals surface area contributed by atoms with Crippen molar-refractivity contribution < 1.29 is 4.74 Å². The van der Waals surface area contributed by atoms with E-state index in [1.807, 2.05) is 48.0 Å². The summed E-state index contributed by atoms with van der Waals surface area (Å²) >= 11 is 1.64. The maximum atomic E-state index is 5.66. The first kappa shape index (κ1) is 8.32. The SMILES string of the molecule is Cc1ccccc1Oc1ccsc1. The molecule has 0 aliphatic heterocycles. The molecule has 0 unspecified atom stereocenters. The summed E-state index contributed by atoms with van der Waals surface area (Å²) in [5, 5.41) is 4.00. The van der Waals surface area contributed by atoms with Crippen LogP contribution in [0.1, 0.15) is 5.56 Å². The molecule has 1 nitrogen and oxygen atoms in total. The van der Waals surface area contributed by atoms with Gasteiger partial charge in [-0.2, -0.15) is 0 Å². The second kappa shape index (κ2) is 3.62. The monoisotopic (exact) mass is 190 g/mol. The van der Waals surface area contributed by atoms with Gasteiger partial charge in [0.05, 0.1) is 0 Å². The van der Waals surface area contributed by atoms with E-state index in [1.54, 1.807) is 11.3 Å². The quantitative estimate of drug-likeness (QED) is 0.699. The highest BCUT2D eigenvalue weighted by molar-refractivity contribution is 7.08. The van der Waals surface area contributed by atoms with Crippen LogP contribution in [-0.4, -0.2) is 0 Å². The molecule has 1 aromatic heterocycles. The molecule has 0 aliphatic carbocycles. The van der Waals surface area contributed by atoms with Crippen molar-refractivity contribution in [2.75, 3.05) is 0 Å². The van der Waals surface area contributed by atoms with Crippen LogP contribution in [0.5, 0.6) is 11.5 Å². The van der Waals surface area contributed by atoms with Crippen LogP contribution >= 0.6 is 11.3 Å². The molecule has 2 rings (SSSR count). The van der Waals surface area contributed by atoms with Crippen molar-refractivity contribution in [3.63, 3.8) is 0 Å². The van der Waals surface area contributed by atoms with Crippen molar-refractivity contribution in [1.82, 2.24) is 0 Å². The van der Waals surface area contributed by atoms with Crippen molar-refractivity contribution in [3.8, 4) is 11.5 Å². The zero-order chi connectivity index (χ0) is 9.10. The summed E-state index contributed by atoms with van der Waals surface area (Å²) in [5.74, 6) is 1.85. The molecule has 13 heavy (non-hydrogen) atoms. The van der Waals surface area contributed by atoms with Crippen LogP contribution in [0.4, 0.5) is 0 Å². The van der Waals surface area contributed by atoms with Crippen LogP contribution in [-0.2, 0) is 0 Å². The van der Waals surface area contributed by atoms with E-state index in [9.17, 15) is 0 Å². The highest BCUT2D eigenvalue weighted by Gasteiger charge is 1.99. The fourth-order valence-electron chi connectivity index (χ4n) is 1.11. The van der Waals surface area contributed by atoms with Crippen molar-refractivity contribution in [1.29, 1.82) is 0 Å². The molecule has 1 heterocycles. The molecule has 2 aromatic rings. The van der Waals surface area contributed by atoms with Gasteiger partial charge >= 0.3 is 0 Å². The summed E-state index contributed by atoms with van der Waals surface area (Å²) in [6.45, 7) is 2.04. The number of hydrogen-bond acceptors (Lipinski definition) is 2. The molecule has 0 spiro atoms. The molecule has 0 amide bonds. The third-order valence-corrected chi connectivity index (χ3v) is 2.48. The average molecular weight is 190 g/mol. The normalized spacial score (nSPS) is 9.92. The Morgan fingerprint density at radius 1 is 1.15 bits per heavy atom. The lowest BCUT2D eigenvalue weighted by Crippen LogP contribution is -1.84. The Balaban J connectivity index is 2.24. The summed E-state index contributed by atoms with van der Waals surface area (Å²) in [5.41, 5.74) is 1.16. The molecular formula is C11H10OS. The van der Waals surface area contributed by atoms with Gasteiger partial charge < -0.3 is 4.74 Å². The summed E-state index contributed by atoms with van der Waals surface area (Å²) in [7, 11) is 0. The van der Waals surface area contributed by atoms with Gasteiger partial charge in [0, 0.05) is 5.38 Å². The summed E-state index contributed by atoms with van der Waals surface area (Å²) in [4.78, 5) is 0.